The highest BCUT2D eigenvalue weighted by Crippen LogP contribution is 2.25. The van der Waals surface area contributed by atoms with E-state index in [4.69, 9.17) is 0 Å². The van der Waals surface area contributed by atoms with Crippen molar-refractivity contribution in [2.45, 2.75) is 25.4 Å². The summed E-state index contributed by atoms with van der Waals surface area (Å²) in [6.45, 7) is 0.647. The summed E-state index contributed by atoms with van der Waals surface area (Å²) in [7, 11) is 0. The van der Waals surface area contributed by atoms with Gasteiger partial charge in [-0.15, -0.1) is 0 Å². The zero-order chi connectivity index (χ0) is 14.8. The predicted molar refractivity (Wildman–Crippen MR) is 87.3 cm³/mol. The molecule has 3 nitrogen and oxygen atoms in total. The Labute approximate surface area is 132 Å². The quantitative estimate of drug-likeness (QED) is 0.892. The van der Waals surface area contributed by atoms with Gasteiger partial charge in [-0.3, -0.25) is 4.79 Å². The number of halogens is 1. The first-order chi connectivity index (χ1) is 10.1. The van der Waals surface area contributed by atoms with Crippen molar-refractivity contribution in [3.8, 4) is 0 Å². The van der Waals surface area contributed by atoms with Crippen molar-refractivity contribution in [2.24, 2.45) is 5.92 Å². The lowest BCUT2D eigenvalue weighted by Gasteiger charge is -2.11. The minimum atomic E-state index is -0.189. The van der Waals surface area contributed by atoms with Crippen LogP contribution in [0.4, 0.5) is 0 Å². The van der Waals surface area contributed by atoms with E-state index in [1.807, 2.05) is 36.4 Å². The zero-order valence-electron chi connectivity index (χ0n) is 11.7. The number of aliphatic hydroxyl groups excluding tert-OH is 1. The molecule has 4 heteroatoms. The van der Waals surface area contributed by atoms with Crippen LogP contribution >= 0.6 is 15.9 Å². The molecule has 0 saturated heterocycles. The van der Waals surface area contributed by atoms with E-state index in [-0.39, 0.29) is 12.0 Å². The van der Waals surface area contributed by atoms with E-state index in [1.54, 1.807) is 0 Å². The van der Waals surface area contributed by atoms with Crippen LogP contribution in [-0.2, 0) is 0 Å². The maximum Gasteiger partial charge on any atom is 0.251 e. The average Bonchev–Trinajstić information content (AvgIpc) is 2.90. The number of fused-ring (bicyclic) bond motifs is 1. The molecule has 110 valence electrons. The van der Waals surface area contributed by atoms with Crippen LogP contribution in [0.25, 0.3) is 10.8 Å². The fourth-order valence-corrected chi connectivity index (χ4v) is 3.31. The molecule has 0 radical (unpaired) electrons. The van der Waals surface area contributed by atoms with E-state index >= 15 is 0 Å². The topological polar surface area (TPSA) is 49.3 Å². The molecular formula is C17H18BrNO2. The second-order valence-electron chi connectivity index (χ2n) is 5.75. The van der Waals surface area contributed by atoms with E-state index < -0.39 is 0 Å². The van der Waals surface area contributed by atoms with Gasteiger partial charge >= 0.3 is 0 Å². The third-order valence-corrected chi connectivity index (χ3v) is 4.62. The Kier molecular flexibility index (Phi) is 4.27. The molecule has 2 aromatic carbocycles. The first kappa shape index (κ1) is 14.5. The van der Waals surface area contributed by atoms with Gasteiger partial charge in [0.2, 0.25) is 0 Å². The normalized spacial score (nSPS) is 21.6. The van der Waals surface area contributed by atoms with Crippen molar-refractivity contribution in [2.75, 3.05) is 6.54 Å². The zero-order valence-corrected chi connectivity index (χ0v) is 13.3. The van der Waals surface area contributed by atoms with E-state index in [1.165, 1.54) is 0 Å². The maximum absolute atomic E-state index is 12.2. The molecule has 2 aromatic rings. The lowest BCUT2D eigenvalue weighted by Crippen LogP contribution is -2.28. The largest absolute Gasteiger partial charge is 0.393 e. The molecule has 0 aromatic heterocycles. The molecule has 0 aliphatic heterocycles. The van der Waals surface area contributed by atoms with Crippen LogP contribution in [0.15, 0.2) is 40.9 Å². The summed E-state index contributed by atoms with van der Waals surface area (Å²) in [5.41, 5.74) is 0.684. The fraction of sp³-hybridized carbons (Fsp3) is 0.353. The number of hydrogen-bond acceptors (Lipinski definition) is 2. The number of aliphatic hydroxyl groups is 1. The Morgan fingerprint density at radius 1 is 1.19 bits per heavy atom. The van der Waals surface area contributed by atoms with Gasteiger partial charge < -0.3 is 10.4 Å². The van der Waals surface area contributed by atoms with Gasteiger partial charge in [0.25, 0.3) is 5.91 Å². The van der Waals surface area contributed by atoms with E-state index in [0.29, 0.717) is 18.0 Å². The summed E-state index contributed by atoms with van der Waals surface area (Å²) in [4.78, 5) is 12.2. The Bertz CT molecular complexity index is 671. The lowest BCUT2D eigenvalue weighted by molar-refractivity contribution is 0.0945. The smallest absolute Gasteiger partial charge is 0.251 e. The van der Waals surface area contributed by atoms with Crippen molar-refractivity contribution in [3.05, 3.63) is 46.4 Å². The average molecular weight is 348 g/mol. The summed E-state index contributed by atoms with van der Waals surface area (Å²) in [5.74, 6) is 0.363. The first-order valence-corrected chi connectivity index (χ1v) is 8.07. The van der Waals surface area contributed by atoms with Crippen molar-refractivity contribution in [3.63, 3.8) is 0 Å². The summed E-state index contributed by atoms with van der Waals surface area (Å²) in [6, 6.07) is 11.8. The van der Waals surface area contributed by atoms with Gasteiger partial charge in [0.1, 0.15) is 0 Å². The number of nitrogens with one attached hydrogen (secondary N) is 1. The monoisotopic (exact) mass is 347 g/mol. The molecule has 1 fully saturated rings. The Hall–Kier alpha value is -1.39. The molecule has 2 unspecified atom stereocenters. The minimum Gasteiger partial charge on any atom is -0.393 e. The molecule has 1 saturated carbocycles. The second kappa shape index (κ2) is 6.16. The highest BCUT2D eigenvalue weighted by atomic mass is 79.9. The Balaban J connectivity index is 1.68. The molecule has 2 N–H and O–H groups in total. The number of amides is 1. The number of carbonyl (C=O) groups is 1. The highest BCUT2D eigenvalue weighted by Gasteiger charge is 2.23. The van der Waals surface area contributed by atoms with Crippen molar-refractivity contribution in [1.82, 2.24) is 5.32 Å². The lowest BCUT2D eigenvalue weighted by atomic mass is 10.1. The van der Waals surface area contributed by atoms with Crippen molar-refractivity contribution in [1.29, 1.82) is 0 Å². The van der Waals surface area contributed by atoms with E-state index in [9.17, 15) is 9.90 Å². The molecule has 21 heavy (non-hydrogen) atoms. The Morgan fingerprint density at radius 2 is 1.95 bits per heavy atom. The van der Waals surface area contributed by atoms with Crippen LogP contribution in [0.1, 0.15) is 29.6 Å². The van der Waals surface area contributed by atoms with Gasteiger partial charge in [0.05, 0.1) is 6.10 Å². The van der Waals surface area contributed by atoms with Crippen molar-refractivity contribution >= 4 is 32.6 Å². The van der Waals surface area contributed by atoms with Gasteiger partial charge in [-0.05, 0) is 60.2 Å². The van der Waals surface area contributed by atoms with Crippen LogP contribution in [-0.4, -0.2) is 23.7 Å². The molecular weight excluding hydrogens is 330 g/mol. The van der Waals surface area contributed by atoms with E-state index in [0.717, 1.165) is 34.5 Å². The van der Waals surface area contributed by atoms with Gasteiger partial charge in [0, 0.05) is 16.6 Å². The van der Waals surface area contributed by atoms with Crippen LogP contribution in [0.2, 0.25) is 0 Å². The van der Waals surface area contributed by atoms with Gasteiger partial charge in [0.15, 0.2) is 0 Å². The van der Waals surface area contributed by atoms with Gasteiger partial charge in [-0.1, -0.05) is 28.1 Å². The predicted octanol–water partition coefficient (Wildman–Crippen LogP) is 3.49. The molecule has 0 bridgehead atoms. The molecule has 1 amide bonds. The molecule has 1 aliphatic carbocycles. The fourth-order valence-electron chi connectivity index (χ4n) is 2.93. The molecule has 3 rings (SSSR count). The summed E-state index contributed by atoms with van der Waals surface area (Å²) in [5, 5.41) is 14.7. The number of hydrogen-bond donors (Lipinski definition) is 2. The van der Waals surface area contributed by atoms with E-state index in [2.05, 4.69) is 21.2 Å². The van der Waals surface area contributed by atoms with Crippen LogP contribution in [0, 0.1) is 5.92 Å². The van der Waals surface area contributed by atoms with Crippen LogP contribution in [0.3, 0.4) is 0 Å². The molecule has 2 atom stereocenters. The van der Waals surface area contributed by atoms with Crippen LogP contribution < -0.4 is 5.32 Å². The second-order valence-corrected chi connectivity index (χ2v) is 6.66. The minimum absolute atomic E-state index is 0.0405. The number of benzene rings is 2. The summed E-state index contributed by atoms with van der Waals surface area (Å²) in [6.07, 6.45) is 2.45. The molecule has 0 spiro atoms. The number of carbonyl (C=O) groups excluding carboxylic acids is 1. The van der Waals surface area contributed by atoms with Gasteiger partial charge in [-0.2, -0.15) is 0 Å². The van der Waals surface area contributed by atoms with Crippen LogP contribution in [0.5, 0.6) is 0 Å². The maximum atomic E-state index is 12.2. The standard InChI is InChI=1S/C17H18BrNO2/c18-15-5-4-12-8-14(3-2-13(12)9-15)17(21)19-10-11-1-6-16(20)7-11/h2-5,8-9,11,16,20H,1,6-7,10H2,(H,19,21). The van der Waals surface area contributed by atoms with Crippen molar-refractivity contribution < 1.29 is 9.90 Å². The number of rotatable bonds is 3. The Morgan fingerprint density at radius 3 is 2.71 bits per heavy atom. The first-order valence-electron chi connectivity index (χ1n) is 7.27. The third-order valence-electron chi connectivity index (χ3n) is 4.13. The SMILES string of the molecule is O=C(NCC1CCC(O)C1)c1ccc2cc(Br)ccc2c1. The van der Waals surface area contributed by atoms with Gasteiger partial charge in [-0.25, -0.2) is 0 Å². The summed E-state index contributed by atoms with van der Waals surface area (Å²) >= 11 is 3.45. The molecule has 1 aliphatic rings. The third kappa shape index (κ3) is 3.44. The highest BCUT2D eigenvalue weighted by molar-refractivity contribution is 9.10. The summed E-state index contributed by atoms with van der Waals surface area (Å²) < 4.78 is 1.03. The molecule has 0 heterocycles.